The maximum atomic E-state index is 12.9. The van der Waals surface area contributed by atoms with Crippen LogP contribution in [0.1, 0.15) is 49.5 Å². The van der Waals surface area contributed by atoms with E-state index in [4.69, 9.17) is 9.47 Å². The van der Waals surface area contributed by atoms with Gasteiger partial charge in [0.15, 0.2) is 0 Å². The number of carbonyl (C=O) groups excluding carboxylic acids is 2. The number of amides is 2. The van der Waals surface area contributed by atoms with Crippen LogP contribution >= 0.6 is 0 Å². The fraction of sp³-hybridized carbons (Fsp3) is 0.321. The van der Waals surface area contributed by atoms with E-state index in [0.29, 0.717) is 23.7 Å². The van der Waals surface area contributed by atoms with Crippen LogP contribution in [0, 0.1) is 5.92 Å². The molecule has 35 heavy (non-hydrogen) atoms. The Morgan fingerprint density at radius 2 is 1.77 bits per heavy atom. The maximum absolute atomic E-state index is 12.9. The topological polar surface area (TPSA) is 89.0 Å². The molecule has 0 aromatic heterocycles. The van der Waals surface area contributed by atoms with E-state index < -0.39 is 11.9 Å². The molecule has 0 saturated heterocycles. The number of carbonyl (C=O) groups is 2. The lowest BCUT2D eigenvalue weighted by molar-refractivity contribution is -0.123. The van der Waals surface area contributed by atoms with Gasteiger partial charge in [0, 0.05) is 11.1 Å². The van der Waals surface area contributed by atoms with Crippen LogP contribution in [0.2, 0.25) is 0 Å². The summed E-state index contributed by atoms with van der Waals surface area (Å²) in [5, 5.41) is 9.05. The highest BCUT2D eigenvalue weighted by Gasteiger charge is 2.24. The number of benzene rings is 3. The van der Waals surface area contributed by atoms with E-state index in [-0.39, 0.29) is 11.8 Å². The van der Waals surface area contributed by atoms with Gasteiger partial charge in [0.25, 0.3) is 11.8 Å². The number of rotatable bonds is 11. The molecule has 7 heteroatoms. The standard InChI is InChI=1S/C28H33N3O4/c1-5-6-17-35-25-16-13-20-9-7-8-10-23(20)24(25)18-29-31-28(33)26(19(2)3)30-27(32)21-11-14-22(34-4)15-12-21/h7-16,18-19,26H,5-6,17H2,1-4H3,(H,30,32)(H,31,33)/b29-18+. The Morgan fingerprint density at radius 1 is 1.03 bits per heavy atom. The zero-order valence-electron chi connectivity index (χ0n) is 20.7. The smallest absolute Gasteiger partial charge is 0.262 e. The third kappa shape index (κ3) is 6.82. The molecule has 0 heterocycles. The average molecular weight is 476 g/mol. The Hall–Kier alpha value is -3.87. The second kappa shape index (κ2) is 12.6. The molecule has 1 atom stereocenters. The van der Waals surface area contributed by atoms with E-state index in [2.05, 4.69) is 22.8 Å². The monoisotopic (exact) mass is 475 g/mol. The van der Waals surface area contributed by atoms with E-state index in [1.165, 1.54) is 0 Å². The first-order chi connectivity index (χ1) is 16.9. The van der Waals surface area contributed by atoms with Gasteiger partial charge in [-0.05, 0) is 53.4 Å². The van der Waals surface area contributed by atoms with Crippen LogP contribution in [0.15, 0.2) is 65.8 Å². The molecule has 0 bridgehead atoms. The van der Waals surface area contributed by atoms with Gasteiger partial charge in [-0.2, -0.15) is 5.10 Å². The lowest BCUT2D eigenvalue weighted by Crippen LogP contribution is -2.48. The Bertz CT molecular complexity index is 1170. The van der Waals surface area contributed by atoms with Crippen LogP contribution < -0.4 is 20.2 Å². The van der Waals surface area contributed by atoms with Crippen LogP contribution in [-0.2, 0) is 4.79 Å². The first kappa shape index (κ1) is 25.7. The molecule has 0 radical (unpaired) electrons. The van der Waals surface area contributed by atoms with Gasteiger partial charge in [-0.1, -0.05) is 57.5 Å². The molecule has 0 fully saturated rings. The van der Waals surface area contributed by atoms with Crippen LogP contribution in [0.25, 0.3) is 10.8 Å². The number of hydrazone groups is 1. The van der Waals surface area contributed by atoms with Crippen molar-refractivity contribution in [3.8, 4) is 11.5 Å². The van der Waals surface area contributed by atoms with E-state index in [1.807, 2.05) is 50.2 Å². The Kier molecular flexibility index (Phi) is 9.23. The predicted octanol–water partition coefficient (Wildman–Crippen LogP) is 4.93. The summed E-state index contributed by atoms with van der Waals surface area (Å²) in [5.41, 5.74) is 3.82. The molecule has 0 saturated carbocycles. The van der Waals surface area contributed by atoms with E-state index in [0.717, 1.165) is 29.2 Å². The Balaban J connectivity index is 1.74. The summed E-state index contributed by atoms with van der Waals surface area (Å²) in [6.45, 7) is 6.45. The third-order valence-electron chi connectivity index (χ3n) is 5.64. The third-order valence-corrected chi connectivity index (χ3v) is 5.64. The molecule has 0 aliphatic heterocycles. The minimum absolute atomic E-state index is 0.141. The number of nitrogens with one attached hydrogen (secondary N) is 2. The van der Waals surface area contributed by atoms with E-state index >= 15 is 0 Å². The number of hydrogen-bond donors (Lipinski definition) is 2. The summed E-state index contributed by atoms with van der Waals surface area (Å²) < 4.78 is 11.1. The summed E-state index contributed by atoms with van der Waals surface area (Å²) in [7, 11) is 1.56. The number of fused-ring (bicyclic) bond motifs is 1. The summed E-state index contributed by atoms with van der Waals surface area (Å²) in [6.07, 6.45) is 3.58. The summed E-state index contributed by atoms with van der Waals surface area (Å²) >= 11 is 0. The van der Waals surface area contributed by atoms with E-state index in [9.17, 15) is 9.59 Å². The first-order valence-corrected chi connectivity index (χ1v) is 11.9. The molecule has 7 nitrogen and oxygen atoms in total. The van der Waals surface area contributed by atoms with Crippen molar-refractivity contribution >= 4 is 28.8 Å². The SMILES string of the molecule is CCCCOc1ccc2ccccc2c1/C=N/NC(=O)C(NC(=O)c1ccc(OC)cc1)C(C)C. The van der Waals surface area contributed by atoms with Gasteiger partial charge in [0.1, 0.15) is 17.5 Å². The van der Waals surface area contributed by atoms with Gasteiger partial charge in [-0.15, -0.1) is 0 Å². The Labute approximate surface area is 206 Å². The zero-order chi connectivity index (χ0) is 25.2. The molecule has 2 N–H and O–H groups in total. The van der Waals surface area contributed by atoms with Gasteiger partial charge in [0.05, 0.1) is 19.9 Å². The fourth-order valence-electron chi connectivity index (χ4n) is 3.59. The molecule has 0 aliphatic rings. The summed E-state index contributed by atoms with van der Waals surface area (Å²) in [4.78, 5) is 25.6. The van der Waals surface area contributed by atoms with Gasteiger partial charge in [-0.3, -0.25) is 9.59 Å². The normalized spacial score (nSPS) is 12.0. The van der Waals surface area contributed by atoms with Crippen molar-refractivity contribution in [3.63, 3.8) is 0 Å². The number of unbranched alkanes of at least 4 members (excludes halogenated alkanes) is 1. The van der Waals surface area contributed by atoms with Crippen molar-refractivity contribution in [2.24, 2.45) is 11.0 Å². The van der Waals surface area contributed by atoms with Gasteiger partial charge in [-0.25, -0.2) is 5.43 Å². The molecular weight excluding hydrogens is 442 g/mol. The van der Waals surface area contributed by atoms with Gasteiger partial charge < -0.3 is 14.8 Å². The lowest BCUT2D eigenvalue weighted by Gasteiger charge is -2.20. The van der Waals surface area contributed by atoms with E-state index in [1.54, 1.807) is 37.6 Å². The fourth-order valence-corrected chi connectivity index (χ4v) is 3.59. The van der Waals surface area contributed by atoms with Crippen molar-refractivity contribution < 1.29 is 19.1 Å². The minimum atomic E-state index is -0.755. The molecule has 3 aromatic carbocycles. The lowest BCUT2D eigenvalue weighted by atomic mass is 10.0. The molecular formula is C28H33N3O4. The summed E-state index contributed by atoms with van der Waals surface area (Å²) in [5.74, 6) is 0.486. The summed E-state index contributed by atoms with van der Waals surface area (Å²) in [6, 6.07) is 17.8. The molecule has 0 aliphatic carbocycles. The number of ether oxygens (including phenoxy) is 2. The molecule has 3 aromatic rings. The van der Waals surface area contributed by atoms with Crippen molar-refractivity contribution in [1.82, 2.24) is 10.7 Å². The highest BCUT2D eigenvalue weighted by Crippen LogP contribution is 2.27. The second-order valence-electron chi connectivity index (χ2n) is 8.56. The van der Waals surface area contributed by atoms with Crippen molar-refractivity contribution in [1.29, 1.82) is 0 Å². The minimum Gasteiger partial charge on any atom is -0.497 e. The van der Waals surface area contributed by atoms with Gasteiger partial charge in [0.2, 0.25) is 0 Å². The molecule has 2 amide bonds. The van der Waals surface area contributed by atoms with Gasteiger partial charge >= 0.3 is 0 Å². The van der Waals surface area contributed by atoms with Crippen LogP contribution in [-0.4, -0.2) is 37.8 Å². The highest BCUT2D eigenvalue weighted by atomic mass is 16.5. The van der Waals surface area contributed by atoms with Crippen LogP contribution in [0.3, 0.4) is 0 Å². The predicted molar refractivity (Wildman–Crippen MR) is 139 cm³/mol. The molecule has 0 spiro atoms. The zero-order valence-corrected chi connectivity index (χ0v) is 20.7. The van der Waals surface area contributed by atoms with Crippen molar-refractivity contribution in [3.05, 3.63) is 71.8 Å². The van der Waals surface area contributed by atoms with Crippen molar-refractivity contribution in [2.45, 2.75) is 39.7 Å². The first-order valence-electron chi connectivity index (χ1n) is 11.9. The number of nitrogens with zero attached hydrogens (tertiary/aromatic N) is 1. The van der Waals surface area contributed by atoms with Crippen LogP contribution in [0.5, 0.6) is 11.5 Å². The largest absolute Gasteiger partial charge is 0.497 e. The molecule has 184 valence electrons. The average Bonchev–Trinajstić information content (AvgIpc) is 2.87. The highest BCUT2D eigenvalue weighted by molar-refractivity contribution is 6.03. The maximum Gasteiger partial charge on any atom is 0.262 e. The number of hydrogen-bond acceptors (Lipinski definition) is 5. The second-order valence-corrected chi connectivity index (χ2v) is 8.56. The quantitative estimate of drug-likeness (QED) is 0.234. The van der Waals surface area contributed by atoms with Crippen molar-refractivity contribution in [2.75, 3.05) is 13.7 Å². The number of methoxy groups -OCH3 is 1. The van der Waals surface area contributed by atoms with Crippen LogP contribution in [0.4, 0.5) is 0 Å². The molecule has 3 rings (SSSR count). The molecule has 1 unspecified atom stereocenters. The Morgan fingerprint density at radius 3 is 2.46 bits per heavy atom.